The average molecular weight is 195 g/mol. The molecule has 1 fully saturated rings. The number of nitrogens with one attached hydrogen (secondary N) is 2. The Morgan fingerprint density at radius 2 is 2.29 bits per heavy atom. The summed E-state index contributed by atoms with van der Waals surface area (Å²) in [5, 5.41) is 14.1. The van der Waals surface area contributed by atoms with Gasteiger partial charge in [-0.25, -0.2) is 0 Å². The minimum Gasteiger partial charge on any atom is -0.354 e. The summed E-state index contributed by atoms with van der Waals surface area (Å²) in [4.78, 5) is 11.2. The van der Waals surface area contributed by atoms with Crippen LogP contribution in [0.25, 0.3) is 0 Å². The van der Waals surface area contributed by atoms with Crippen LogP contribution in [0.4, 0.5) is 0 Å². The number of amides is 1. The number of nitriles is 1. The first-order chi connectivity index (χ1) is 6.72. The summed E-state index contributed by atoms with van der Waals surface area (Å²) in [6.07, 6.45) is 2.73. The van der Waals surface area contributed by atoms with Gasteiger partial charge in [-0.15, -0.1) is 0 Å². The third-order valence-corrected chi connectivity index (χ3v) is 2.48. The van der Waals surface area contributed by atoms with Crippen molar-refractivity contribution in [2.45, 2.75) is 32.2 Å². The van der Waals surface area contributed by atoms with Gasteiger partial charge in [-0.1, -0.05) is 6.92 Å². The predicted octanol–water partition coefficient (Wildman–Crippen LogP) is 0.404. The van der Waals surface area contributed by atoms with Gasteiger partial charge in [-0.05, 0) is 18.8 Å². The van der Waals surface area contributed by atoms with Crippen LogP contribution in [-0.4, -0.2) is 25.0 Å². The normalized spacial score (nSPS) is 24.9. The molecule has 0 spiro atoms. The van der Waals surface area contributed by atoms with Gasteiger partial charge in [0, 0.05) is 12.6 Å². The molecule has 2 N–H and O–H groups in total. The smallest absolute Gasteiger partial charge is 0.233 e. The van der Waals surface area contributed by atoms with Crippen LogP contribution >= 0.6 is 0 Å². The Labute approximate surface area is 84.7 Å². The van der Waals surface area contributed by atoms with Gasteiger partial charge in [0.1, 0.15) is 0 Å². The van der Waals surface area contributed by atoms with E-state index in [0.717, 1.165) is 5.92 Å². The van der Waals surface area contributed by atoms with Crippen molar-refractivity contribution in [2.24, 2.45) is 5.92 Å². The van der Waals surface area contributed by atoms with Crippen molar-refractivity contribution >= 4 is 5.91 Å². The number of hydrogen-bond donors (Lipinski definition) is 2. The fourth-order valence-corrected chi connectivity index (χ4v) is 1.63. The molecule has 1 aliphatic rings. The number of nitrogens with zero attached hydrogens (tertiary/aromatic N) is 1. The minimum atomic E-state index is -0.0141. The van der Waals surface area contributed by atoms with Gasteiger partial charge in [0.05, 0.1) is 19.0 Å². The molecule has 14 heavy (non-hydrogen) atoms. The summed E-state index contributed by atoms with van der Waals surface area (Å²) in [5.74, 6) is 0.786. The SMILES string of the molecule is CC1CC(NCC(=O)NCCC#N)C1. The lowest BCUT2D eigenvalue weighted by Crippen LogP contribution is -2.45. The Morgan fingerprint density at radius 1 is 1.57 bits per heavy atom. The van der Waals surface area contributed by atoms with Crippen molar-refractivity contribution in [3.63, 3.8) is 0 Å². The van der Waals surface area contributed by atoms with Crippen LogP contribution < -0.4 is 10.6 Å². The van der Waals surface area contributed by atoms with E-state index in [4.69, 9.17) is 5.26 Å². The van der Waals surface area contributed by atoms with Gasteiger partial charge >= 0.3 is 0 Å². The van der Waals surface area contributed by atoms with E-state index in [1.165, 1.54) is 12.8 Å². The first-order valence-electron chi connectivity index (χ1n) is 5.09. The molecule has 1 aliphatic carbocycles. The van der Waals surface area contributed by atoms with E-state index in [1.54, 1.807) is 0 Å². The van der Waals surface area contributed by atoms with E-state index >= 15 is 0 Å². The van der Waals surface area contributed by atoms with E-state index in [1.807, 2.05) is 6.07 Å². The zero-order chi connectivity index (χ0) is 10.4. The molecular formula is C10H17N3O. The number of hydrogen-bond acceptors (Lipinski definition) is 3. The summed E-state index contributed by atoms with van der Waals surface area (Å²) in [7, 11) is 0. The summed E-state index contributed by atoms with van der Waals surface area (Å²) in [6.45, 7) is 3.05. The standard InChI is InChI=1S/C10H17N3O/c1-8-5-9(6-8)13-7-10(14)12-4-2-3-11/h8-9,13H,2,4-7H2,1H3,(H,12,14). The molecule has 0 aromatic carbocycles. The fraction of sp³-hybridized carbons (Fsp3) is 0.800. The van der Waals surface area contributed by atoms with Crippen molar-refractivity contribution in [1.82, 2.24) is 10.6 Å². The van der Waals surface area contributed by atoms with Crippen LogP contribution in [0.15, 0.2) is 0 Å². The molecule has 4 nitrogen and oxygen atoms in total. The summed E-state index contributed by atoms with van der Waals surface area (Å²) in [5.41, 5.74) is 0. The van der Waals surface area contributed by atoms with E-state index in [2.05, 4.69) is 17.6 Å². The van der Waals surface area contributed by atoms with Crippen molar-refractivity contribution in [2.75, 3.05) is 13.1 Å². The second kappa shape index (κ2) is 5.61. The van der Waals surface area contributed by atoms with Crippen LogP contribution in [0.1, 0.15) is 26.2 Å². The zero-order valence-corrected chi connectivity index (χ0v) is 8.55. The van der Waals surface area contributed by atoms with E-state index in [-0.39, 0.29) is 5.91 Å². The molecule has 0 aromatic heterocycles. The van der Waals surface area contributed by atoms with Crippen LogP contribution in [0.2, 0.25) is 0 Å². The lowest BCUT2D eigenvalue weighted by atomic mass is 9.82. The van der Waals surface area contributed by atoms with E-state index < -0.39 is 0 Å². The van der Waals surface area contributed by atoms with Crippen LogP contribution in [0.3, 0.4) is 0 Å². The monoisotopic (exact) mass is 195 g/mol. The number of carbonyl (C=O) groups is 1. The van der Waals surface area contributed by atoms with Gasteiger partial charge in [-0.2, -0.15) is 5.26 Å². The topological polar surface area (TPSA) is 64.9 Å². The maximum absolute atomic E-state index is 11.2. The fourth-order valence-electron chi connectivity index (χ4n) is 1.63. The predicted molar refractivity (Wildman–Crippen MR) is 53.4 cm³/mol. The van der Waals surface area contributed by atoms with Gasteiger partial charge in [0.15, 0.2) is 0 Å². The molecule has 0 aromatic rings. The average Bonchev–Trinajstić information content (AvgIpc) is 2.11. The molecular weight excluding hydrogens is 178 g/mol. The molecule has 78 valence electrons. The summed E-state index contributed by atoms with van der Waals surface area (Å²) in [6, 6.07) is 2.50. The largest absolute Gasteiger partial charge is 0.354 e. The molecule has 0 aliphatic heterocycles. The van der Waals surface area contributed by atoms with Crippen molar-refractivity contribution in [3.8, 4) is 6.07 Å². The highest BCUT2D eigenvalue weighted by molar-refractivity contribution is 5.78. The highest BCUT2D eigenvalue weighted by Crippen LogP contribution is 2.25. The highest BCUT2D eigenvalue weighted by Gasteiger charge is 2.24. The van der Waals surface area contributed by atoms with E-state index in [0.29, 0.717) is 25.6 Å². The Morgan fingerprint density at radius 3 is 2.86 bits per heavy atom. The van der Waals surface area contributed by atoms with Gasteiger partial charge in [0.25, 0.3) is 0 Å². The molecule has 0 heterocycles. The van der Waals surface area contributed by atoms with Crippen LogP contribution in [0.5, 0.6) is 0 Å². The Hall–Kier alpha value is -1.08. The first-order valence-corrected chi connectivity index (χ1v) is 5.09. The zero-order valence-electron chi connectivity index (χ0n) is 8.55. The Bertz CT molecular complexity index is 228. The third-order valence-electron chi connectivity index (χ3n) is 2.48. The van der Waals surface area contributed by atoms with Gasteiger partial charge < -0.3 is 10.6 Å². The van der Waals surface area contributed by atoms with Crippen LogP contribution in [0, 0.1) is 17.2 Å². The second-order valence-corrected chi connectivity index (χ2v) is 3.91. The molecule has 1 rings (SSSR count). The molecule has 0 unspecified atom stereocenters. The van der Waals surface area contributed by atoms with Crippen molar-refractivity contribution in [1.29, 1.82) is 5.26 Å². The maximum atomic E-state index is 11.2. The van der Waals surface area contributed by atoms with Crippen LogP contribution in [-0.2, 0) is 4.79 Å². The van der Waals surface area contributed by atoms with Crippen molar-refractivity contribution in [3.05, 3.63) is 0 Å². The molecule has 4 heteroatoms. The quantitative estimate of drug-likeness (QED) is 0.624. The number of rotatable bonds is 5. The van der Waals surface area contributed by atoms with Gasteiger partial charge in [-0.3, -0.25) is 4.79 Å². The Balaban J connectivity index is 1.96. The number of carbonyl (C=O) groups excluding carboxylic acids is 1. The first kappa shape index (κ1) is 11.0. The highest BCUT2D eigenvalue weighted by atomic mass is 16.1. The summed E-state index contributed by atoms with van der Waals surface area (Å²) >= 11 is 0. The molecule has 0 atom stereocenters. The minimum absolute atomic E-state index is 0.0141. The lowest BCUT2D eigenvalue weighted by molar-refractivity contribution is -0.120. The molecule has 0 radical (unpaired) electrons. The molecule has 0 bridgehead atoms. The van der Waals surface area contributed by atoms with E-state index in [9.17, 15) is 4.79 Å². The van der Waals surface area contributed by atoms with Crippen molar-refractivity contribution < 1.29 is 4.79 Å². The maximum Gasteiger partial charge on any atom is 0.233 e. The third kappa shape index (κ3) is 3.75. The molecule has 0 saturated heterocycles. The molecule has 1 amide bonds. The summed E-state index contributed by atoms with van der Waals surface area (Å²) < 4.78 is 0. The Kier molecular flexibility index (Phi) is 4.41. The van der Waals surface area contributed by atoms with Gasteiger partial charge in [0.2, 0.25) is 5.91 Å². The lowest BCUT2D eigenvalue weighted by Gasteiger charge is -2.33. The molecule has 1 saturated carbocycles. The second-order valence-electron chi connectivity index (χ2n) is 3.91.